The zero-order valence-corrected chi connectivity index (χ0v) is 21.1. The van der Waals surface area contributed by atoms with E-state index in [1.54, 1.807) is 7.11 Å². The number of nitrogens with zero attached hydrogens (tertiary/aromatic N) is 5. The molecule has 1 aliphatic carbocycles. The van der Waals surface area contributed by atoms with Crippen molar-refractivity contribution >= 4 is 28.9 Å². The van der Waals surface area contributed by atoms with Crippen LogP contribution in [0.3, 0.4) is 0 Å². The molecule has 2 aliphatic rings. The van der Waals surface area contributed by atoms with Crippen molar-refractivity contribution in [3.63, 3.8) is 0 Å². The highest BCUT2D eigenvalue weighted by Crippen LogP contribution is 2.42. The van der Waals surface area contributed by atoms with Gasteiger partial charge in [0.15, 0.2) is 0 Å². The van der Waals surface area contributed by atoms with Crippen molar-refractivity contribution in [2.75, 3.05) is 43.5 Å². The molecule has 9 heteroatoms. The Kier molecular flexibility index (Phi) is 5.99. The molecular formula is C27H28ClN7O. The molecule has 3 heterocycles. The van der Waals surface area contributed by atoms with Crippen LogP contribution in [0.4, 0.5) is 17.3 Å². The molecule has 2 aromatic heterocycles. The summed E-state index contributed by atoms with van der Waals surface area (Å²) < 4.78 is 7.63. The van der Waals surface area contributed by atoms with Crippen molar-refractivity contribution in [1.82, 2.24) is 25.1 Å². The van der Waals surface area contributed by atoms with Gasteiger partial charge in [0.2, 0.25) is 5.95 Å². The van der Waals surface area contributed by atoms with Gasteiger partial charge in [0, 0.05) is 67.3 Å². The van der Waals surface area contributed by atoms with E-state index < -0.39 is 0 Å². The Morgan fingerprint density at radius 3 is 2.72 bits per heavy atom. The number of aromatic nitrogens is 4. The Labute approximate surface area is 215 Å². The van der Waals surface area contributed by atoms with E-state index in [0.29, 0.717) is 11.0 Å². The molecule has 0 bridgehead atoms. The monoisotopic (exact) mass is 501 g/mol. The minimum Gasteiger partial charge on any atom is -0.494 e. The van der Waals surface area contributed by atoms with Crippen LogP contribution in [0.1, 0.15) is 11.3 Å². The highest BCUT2D eigenvalue weighted by Gasteiger charge is 2.28. The molecule has 0 unspecified atom stereocenters. The molecule has 1 aliphatic heterocycles. The number of aryl methyl sites for hydroxylation is 3. The van der Waals surface area contributed by atoms with Crippen molar-refractivity contribution < 1.29 is 4.74 Å². The maximum absolute atomic E-state index is 6.59. The fourth-order valence-electron chi connectivity index (χ4n) is 5.11. The fourth-order valence-corrected chi connectivity index (χ4v) is 5.33. The molecule has 0 atom stereocenters. The molecule has 2 aromatic carbocycles. The summed E-state index contributed by atoms with van der Waals surface area (Å²) in [6.45, 7) is 3.92. The van der Waals surface area contributed by atoms with Crippen LogP contribution in [0.2, 0.25) is 5.02 Å². The number of ether oxygens (including phenoxy) is 1. The third-order valence-corrected chi connectivity index (χ3v) is 7.22. The smallest absolute Gasteiger partial charge is 0.227 e. The number of halogens is 1. The lowest BCUT2D eigenvalue weighted by atomic mass is 9.91. The second-order valence-corrected chi connectivity index (χ2v) is 9.50. The molecule has 0 saturated carbocycles. The first-order valence-corrected chi connectivity index (χ1v) is 12.6. The van der Waals surface area contributed by atoms with Gasteiger partial charge in [0.05, 0.1) is 29.9 Å². The summed E-state index contributed by atoms with van der Waals surface area (Å²) in [5.74, 6) is 1.27. The zero-order valence-electron chi connectivity index (χ0n) is 20.4. The summed E-state index contributed by atoms with van der Waals surface area (Å²) in [6.07, 6.45) is 3.61. The van der Waals surface area contributed by atoms with Gasteiger partial charge in [-0.2, -0.15) is 5.10 Å². The first-order valence-electron chi connectivity index (χ1n) is 12.2. The molecule has 36 heavy (non-hydrogen) atoms. The number of nitrogens with one attached hydrogen (secondary N) is 2. The Bertz CT molecular complexity index is 1430. The summed E-state index contributed by atoms with van der Waals surface area (Å²) in [7, 11) is 3.65. The summed E-state index contributed by atoms with van der Waals surface area (Å²) in [6, 6.07) is 14.1. The van der Waals surface area contributed by atoms with Crippen molar-refractivity contribution in [3.8, 4) is 28.3 Å². The molecule has 0 amide bonds. The van der Waals surface area contributed by atoms with E-state index in [2.05, 4.69) is 32.7 Å². The molecule has 0 spiro atoms. The van der Waals surface area contributed by atoms with Crippen molar-refractivity contribution in [3.05, 3.63) is 64.9 Å². The summed E-state index contributed by atoms with van der Waals surface area (Å²) >= 11 is 6.59. The maximum Gasteiger partial charge on any atom is 0.227 e. The lowest BCUT2D eigenvalue weighted by Gasteiger charge is -2.30. The topological polar surface area (TPSA) is 80.1 Å². The normalized spacial score (nSPS) is 14.8. The molecule has 4 aromatic rings. The molecule has 1 fully saturated rings. The average Bonchev–Trinajstić information content (AvgIpc) is 3.25. The molecule has 1 saturated heterocycles. The van der Waals surface area contributed by atoms with Gasteiger partial charge in [-0.15, -0.1) is 0 Å². The lowest BCUT2D eigenvalue weighted by molar-refractivity contribution is 0.416. The van der Waals surface area contributed by atoms with E-state index in [1.165, 1.54) is 0 Å². The van der Waals surface area contributed by atoms with E-state index in [-0.39, 0.29) is 0 Å². The van der Waals surface area contributed by atoms with Gasteiger partial charge in [0.1, 0.15) is 5.75 Å². The summed E-state index contributed by atoms with van der Waals surface area (Å²) in [5.41, 5.74) is 7.95. The van der Waals surface area contributed by atoms with E-state index in [4.69, 9.17) is 26.4 Å². The zero-order chi connectivity index (χ0) is 24.6. The SMILES string of the molecule is COc1cc(N2CCNCC2)ccc1Nc1ncc2c(n1)-c1c(nn(C)c1-c1ccccc1Cl)CC2. The predicted molar refractivity (Wildman–Crippen MR) is 143 cm³/mol. The highest BCUT2D eigenvalue weighted by atomic mass is 35.5. The van der Waals surface area contributed by atoms with Crippen LogP contribution < -0.4 is 20.3 Å². The minimum atomic E-state index is 0.517. The van der Waals surface area contributed by atoms with Gasteiger partial charge in [-0.25, -0.2) is 9.97 Å². The largest absolute Gasteiger partial charge is 0.494 e. The Balaban J connectivity index is 1.37. The van der Waals surface area contributed by atoms with E-state index in [9.17, 15) is 0 Å². The standard InChI is InChI=1S/C27H28ClN7O/c1-34-26(19-5-3-4-6-20(19)28)24-22(33-34)9-7-17-16-30-27(32-25(17)24)31-21-10-8-18(15-23(21)36-2)35-13-11-29-12-14-35/h3-6,8,10,15-16,29H,7,9,11-14H2,1-2H3,(H,30,31,32). The fraction of sp³-hybridized carbons (Fsp3) is 0.296. The minimum absolute atomic E-state index is 0.517. The van der Waals surface area contributed by atoms with Gasteiger partial charge in [-0.05, 0) is 36.6 Å². The predicted octanol–water partition coefficient (Wildman–Crippen LogP) is 4.46. The number of benzene rings is 2. The number of piperazine rings is 1. The molecule has 6 rings (SSSR count). The molecular weight excluding hydrogens is 474 g/mol. The van der Waals surface area contributed by atoms with Gasteiger partial charge in [-0.3, -0.25) is 4.68 Å². The van der Waals surface area contributed by atoms with Crippen LogP contribution in [0.15, 0.2) is 48.7 Å². The highest BCUT2D eigenvalue weighted by molar-refractivity contribution is 6.33. The lowest BCUT2D eigenvalue weighted by Crippen LogP contribution is -2.43. The number of fused-ring (bicyclic) bond motifs is 3. The quantitative estimate of drug-likeness (QED) is 0.418. The van der Waals surface area contributed by atoms with Gasteiger partial charge in [-0.1, -0.05) is 29.8 Å². The average molecular weight is 502 g/mol. The third kappa shape index (κ3) is 4.06. The van der Waals surface area contributed by atoms with Gasteiger partial charge < -0.3 is 20.3 Å². The second-order valence-electron chi connectivity index (χ2n) is 9.09. The van der Waals surface area contributed by atoms with Gasteiger partial charge in [0.25, 0.3) is 0 Å². The Morgan fingerprint density at radius 1 is 1.08 bits per heavy atom. The van der Waals surface area contributed by atoms with Crippen LogP contribution >= 0.6 is 11.6 Å². The molecule has 0 radical (unpaired) electrons. The van der Waals surface area contributed by atoms with Crippen LogP contribution in [-0.4, -0.2) is 53.0 Å². The number of hydrogen-bond acceptors (Lipinski definition) is 7. The molecule has 184 valence electrons. The molecule has 8 nitrogen and oxygen atoms in total. The number of anilines is 3. The van der Waals surface area contributed by atoms with Gasteiger partial charge >= 0.3 is 0 Å². The van der Waals surface area contributed by atoms with Crippen LogP contribution in [0.25, 0.3) is 22.5 Å². The van der Waals surface area contributed by atoms with Crippen molar-refractivity contribution in [2.45, 2.75) is 12.8 Å². The summed E-state index contributed by atoms with van der Waals surface area (Å²) in [4.78, 5) is 12.0. The van der Waals surface area contributed by atoms with E-state index in [0.717, 1.165) is 89.9 Å². The van der Waals surface area contributed by atoms with E-state index >= 15 is 0 Å². The van der Waals surface area contributed by atoms with Crippen LogP contribution in [-0.2, 0) is 19.9 Å². The first kappa shape index (κ1) is 22.8. The third-order valence-electron chi connectivity index (χ3n) is 6.89. The van der Waals surface area contributed by atoms with Crippen molar-refractivity contribution in [1.29, 1.82) is 0 Å². The Hall–Kier alpha value is -3.62. The summed E-state index contributed by atoms with van der Waals surface area (Å²) in [5, 5.41) is 12.3. The first-order chi connectivity index (χ1) is 17.6. The Morgan fingerprint density at radius 2 is 1.92 bits per heavy atom. The van der Waals surface area contributed by atoms with Crippen LogP contribution in [0.5, 0.6) is 5.75 Å². The molecule has 2 N–H and O–H groups in total. The van der Waals surface area contributed by atoms with Crippen LogP contribution in [0, 0.1) is 0 Å². The number of methoxy groups -OCH3 is 1. The number of rotatable bonds is 5. The second kappa shape index (κ2) is 9.44. The maximum atomic E-state index is 6.59. The van der Waals surface area contributed by atoms with E-state index in [1.807, 2.05) is 48.3 Å². The number of hydrogen-bond donors (Lipinski definition) is 2. The van der Waals surface area contributed by atoms with Crippen molar-refractivity contribution in [2.24, 2.45) is 7.05 Å².